The fourth-order valence-electron chi connectivity index (χ4n) is 2.93. The lowest BCUT2D eigenvalue weighted by molar-refractivity contribution is -0.126. The first kappa shape index (κ1) is 16.9. The molecule has 0 bridgehead atoms. The van der Waals surface area contributed by atoms with Crippen molar-refractivity contribution in [2.24, 2.45) is 5.92 Å². The zero-order valence-corrected chi connectivity index (χ0v) is 14.1. The monoisotopic (exact) mass is 356 g/mol. The van der Waals surface area contributed by atoms with Gasteiger partial charge in [-0.15, -0.1) is 0 Å². The molecular formula is C14H20N4O5S. The van der Waals surface area contributed by atoms with Crippen LogP contribution in [0.25, 0.3) is 0 Å². The lowest BCUT2D eigenvalue weighted by Gasteiger charge is -2.30. The fourth-order valence-corrected chi connectivity index (χ4v) is 4.61. The van der Waals surface area contributed by atoms with Crippen molar-refractivity contribution in [1.29, 1.82) is 0 Å². The van der Waals surface area contributed by atoms with Gasteiger partial charge in [-0.05, 0) is 32.6 Å². The number of sulfonamides is 1. The van der Waals surface area contributed by atoms with Gasteiger partial charge in [0.15, 0.2) is 4.90 Å². The van der Waals surface area contributed by atoms with Crippen LogP contribution in [0.5, 0.6) is 0 Å². The summed E-state index contributed by atoms with van der Waals surface area (Å²) in [4.78, 5) is 39.0. The summed E-state index contributed by atoms with van der Waals surface area (Å²) in [7, 11) is -4.01. The van der Waals surface area contributed by atoms with Gasteiger partial charge in [0.05, 0.1) is 0 Å². The predicted octanol–water partition coefficient (Wildman–Crippen LogP) is -0.949. The molecule has 1 saturated heterocycles. The highest BCUT2D eigenvalue weighted by molar-refractivity contribution is 7.89. The number of amides is 1. The van der Waals surface area contributed by atoms with Crippen molar-refractivity contribution in [3.63, 3.8) is 0 Å². The molecule has 24 heavy (non-hydrogen) atoms. The third-order valence-corrected chi connectivity index (χ3v) is 6.47. The summed E-state index contributed by atoms with van der Waals surface area (Å²) in [6, 6.07) is 0.279. The Morgan fingerprint density at radius 2 is 1.75 bits per heavy atom. The van der Waals surface area contributed by atoms with E-state index < -0.39 is 26.2 Å². The maximum absolute atomic E-state index is 12.7. The number of hydrogen-bond donors (Lipinski definition) is 3. The van der Waals surface area contributed by atoms with E-state index in [1.807, 2.05) is 4.98 Å². The third-order valence-electron chi connectivity index (χ3n) is 4.42. The van der Waals surface area contributed by atoms with Gasteiger partial charge >= 0.3 is 5.69 Å². The fraction of sp³-hybridized carbons (Fsp3) is 0.643. The van der Waals surface area contributed by atoms with Gasteiger partial charge in [-0.25, -0.2) is 13.2 Å². The van der Waals surface area contributed by atoms with Gasteiger partial charge < -0.3 is 10.3 Å². The molecule has 0 aromatic carbocycles. The van der Waals surface area contributed by atoms with Crippen molar-refractivity contribution < 1.29 is 13.2 Å². The van der Waals surface area contributed by atoms with E-state index >= 15 is 0 Å². The van der Waals surface area contributed by atoms with Crippen molar-refractivity contribution in [2.45, 2.75) is 43.5 Å². The van der Waals surface area contributed by atoms with Gasteiger partial charge in [0, 0.05) is 30.7 Å². The number of H-pyrrole nitrogens is 2. The molecule has 0 atom stereocenters. The molecular weight excluding hydrogens is 336 g/mol. The topological polar surface area (TPSA) is 132 Å². The standard InChI is InChI=1S/C14H20N4O5S/c1-8-11(13(20)17-14(21)15-8)24(22,23)18-6-4-9(5-7-18)12(19)16-10-2-3-10/h9-10H,2-7H2,1H3,(H,16,19)(H2,15,17,20,21). The highest BCUT2D eigenvalue weighted by atomic mass is 32.2. The Labute approximate surface area is 138 Å². The van der Waals surface area contributed by atoms with Crippen LogP contribution in [0.4, 0.5) is 0 Å². The summed E-state index contributed by atoms with van der Waals surface area (Å²) in [5, 5.41) is 2.93. The minimum atomic E-state index is -4.01. The molecule has 2 aliphatic rings. The Morgan fingerprint density at radius 3 is 2.29 bits per heavy atom. The van der Waals surface area contributed by atoms with Crippen molar-refractivity contribution in [3.8, 4) is 0 Å². The Kier molecular flexibility index (Phi) is 4.35. The summed E-state index contributed by atoms with van der Waals surface area (Å²) in [5.74, 6) is -0.223. The van der Waals surface area contributed by atoms with Gasteiger partial charge in [-0.2, -0.15) is 4.31 Å². The maximum atomic E-state index is 12.7. The van der Waals surface area contributed by atoms with Crippen molar-refractivity contribution >= 4 is 15.9 Å². The quantitative estimate of drug-likeness (QED) is 0.640. The Hall–Kier alpha value is -1.94. The molecule has 2 fully saturated rings. The van der Waals surface area contributed by atoms with E-state index in [1.54, 1.807) is 0 Å². The van der Waals surface area contributed by atoms with E-state index in [0.29, 0.717) is 12.8 Å². The molecule has 3 N–H and O–H groups in total. The molecule has 1 amide bonds. The maximum Gasteiger partial charge on any atom is 0.325 e. The van der Waals surface area contributed by atoms with Crippen LogP contribution < -0.4 is 16.6 Å². The van der Waals surface area contributed by atoms with Crippen molar-refractivity contribution in [1.82, 2.24) is 19.6 Å². The molecule has 1 saturated carbocycles. The average Bonchev–Trinajstić information content (AvgIpc) is 3.30. The van der Waals surface area contributed by atoms with E-state index in [1.165, 1.54) is 11.2 Å². The molecule has 1 aromatic rings. The Bertz CT molecular complexity index is 860. The van der Waals surface area contributed by atoms with Crippen LogP contribution in [0, 0.1) is 12.8 Å². The SMILES string of the molecule is Cc1[nH]c(=O)[nH]c(=O)c1S(=O)(=O)N1CCC(C(=O)NC2CC2)CC1. The molecule has 9 nitrogen and oxygen atoms in total. The molecule has 1 aliphatic heterocycles. The Balaban J connectivity index is 1.74. The number of piperidine rings is 1. The molecule has 1 aliphatic carbocycles. The average molecular weight is 356 g/mol. The number of nitrogens with zero attached hydrogens (tertiary/aromatic N) is 1. The predicted molar refractivity (Wildman–Crippen MR) is 85.1 cm³/mol. The summed E-state index contributed by atoms with van der Waals surface area (Å²) < 4.78 is 26.6. The van der Waals surface area contributed by atoms with E-state index in [4.69, 9.17) is 0 Å². The lowest BCUT2D eigenvalue weighted by atomic mass is 9.97. The molecule has 0 unspecified atom stereocenters. The second kappa shape index (κ2) is 6.17. The van der Waals surface area contributed by atoms with E-state index in [9.17, 15) is 22.8 Å². The highest BCUT2D eigenvalue weighted by Crippen LogP contribution is 2.25. The molecule has 132 valence electrons. The first-order chi connectivity index (χ1) is 11.3. The largest absolute Gasteiger partial charge is 0.353 e. The smallest absolute Gasteiger partial charge is 0.325 e. The van der Waals surface area contributed by atoms with Gasteiger partial charge in [-0.1, -0.05) is 0 Å². The van der Waals surface area contributed by atoms with Crippen LogP contribution in [0.15, 0.2) is 14.5 Å². The minimum Gasteiger partial charge on any atom is -0.353 e. The van der Waals surface area contributed by atoms with Crippen LogP contribution in [0.2, 0.25) is 0 Å². The first-order valence-electron chi connectivity index (χ1n) is 7.93. The second-order valence-corrected chi connectivity index (χ2v) is 8.20. The number of rotatable bonds is 4. The molecule has 10 heteroatoms. The number of aromatic amines is 2. The lowest BCUT2D eigenvalue weighted by Crippen LogP contribution is -2.45. The number of hydrogen-bond acceptors (Lipinski definition) is 5. The van der Waals surface area contributed by atoms with Gasteiger partial charge in [0.2, 0.25) is 15.9 Å². The van der Waals surface area contributed by atoms with Crippen molar-refractivity contribution in [2.75, 3.05) is 13.1 Å². The number of carbonyl (C=O) groups is 1. The summed E-state index contributed by atoms with van der Waals surface area (Å²) >= 11 is 0. The van der Waals surface area contributed by atoms with Gasteiger partial charge in [0.1, 0.15) is 0 Å². The minimum absolute atomic E-state index is 0.0114. The van der Waals surface area contributed by atoms with Crippen LogP contribution in [0.1, 0.15) is 31.4 Å². The van der Waals surface area contributed by atoms with Crippen LogP contribution in [-0.2, 0) is 14.8 Å². The molecule has 2 heterocycles. The molecule has 1 aromatic heterocycles. The number of carbonyl (C=O) groups excluding carboxylic acids is 1. The molecule has 0 spiro atoms. The normalized spacial score (nSPS) is 20.0. The van der Waals surface area contributed by atoms with E-state index in [2.05, 4.69) is 10.3 Å². The van der Waals surface area contributed by atoms with Crippen LogP contribution in [-0.4, -0.2) is 47.7 Å². The highest BCUT2D eigenvalue weighted by Gasteiger charge is 2.35. The number of nitrogens with one attached hydrogen (secondary N) is 3. The zero-order valence-electron chi connectivity index (χ0n) is 13.3. The van der Waals surface area contributed by atoms with Crippen molar-refractivity contribution in [3.05, 3.63) is 26.5 Å². The summed E-state index contributed by atoms with van der Waals surface area (Å²) in [6.45, 7) is 1.71. The van der Waals surface area contributed by atoms with Crippen LogP contribution in [0.3, 0.4) is 0 Å². The third kappa shape index (κ3) is 3.29. The number of aromatic nitrogens is 2. The Morgan fingerprint density at radius 1 is 1.12 bits per heavy atom. The van der Waals surface area contributed by atoms with Gasteiger partial charge in [-0.3, -0.25) is 14.6 Å². The van der Waals surface area contributed by atoms with E-state index in [0.717, 1.165) is 12.8 Å². The second-order valence-electron chi connectivity index (χ2n) is 6.32. The first-order valence-corrected chi connectivity index (χ1v) is 9.37. The van der Waals surface area contributed by atoms with E-state index in [-0.39, 0.29) is 36.7 Å². The molecule has 0 radical (unpaired) electrons. The van der Waals surface area contributed by atoms with Gasteiger partial charge in [0.25, 0.3) is 5.56 Å². The number of aryl methyl sites for hydroxylation is 1. The van der Waals surface area contributed by atoms with Crippen LogP contribution >= 0.6 is 0 Å². The summed E-state index contributed by atoms with van der Waals surface area (Å²) in [6.07, 6.45) is 2.84. The zero-order chi connectivity index (χ0) is 17.5. The summed E-state index contributed by atoms with van der Waals surface area (Å²) in [5.41, 5.74) is -1.66. The molecule has 3 rings (SSSR count).